The zero-order valence-electron chi connectivity index (χ0n) is 10.2. The van der Waals surface area contributed by atoms with Gasteiger partial charge in [-0.2, -0.15) is 0 Å². The summed E-state index contributed by atoms with van der Waals surface area (Å²) in [6.07, 6.45) is 1.50. The maximum absolute atomic E-state index is 11.9. The molecule has 1 aliphatic heterocycles. The molecular weight excluding hydrogens is 233 g/mol. The molecule has 0 saturated heterocycles. The van der Waals surface area contributed by atoms with E-state index in [1.165, 1.54) is 0 Å². The molecule has 92 valence electrons. The van der Waals surface area contributed by atoms with Crippen LogP contribution in [0.15, 0.2) is 18.2 Å². The summed E-state index contributed by atoms with van der Waals surface area (Å²) >= 11 is 0. The number of anilines is 1. The highest BCUT2D eigenvalue weighted by atomic mass is 31.0. The number of fused-ring (bicyclic) bond motifs is 1. The number of nitrogens with zero attached hydrogens (tertiary/aromatic N) is 1. The summed E-state index contributed by atoms with van der Waals surface area (Å²) in [5.74, 6) is 1.16. The van der Waals surface area contributed by atoms with E-state index in [9.17, 15) is 9.90 Å². The molecule has 0 saturated carbocycles. The normalized spacial score (nSPS) is 19.6. The van der Waals surface area contributed by atoms with E-state index in [1.807, 2.05) is 6.07 Å². The lowest BCUT2D eigenvalue weighted by Crippen LogP contribution is -2.29. The summed E-state index contributed by atoms with van der Waals surface area (Å²) < 4.78 is 1.60. The van der Waals surface area contributed by atoms with Gasteiger partial charge in [0.05, 0.1) is 5.69 Å². The van der Waals surface area contributed by atoms with E-state index < -0.39 is 0 Å². The Bertz CT molecular complexity index is 445. The highest BCUT2D eigenvalue weighted by Crippen LogP contribution is 2.42. The lowest BCUT2D eigenvalue weighted by Gasteiger charge is -2.32. The fraction of sp³-hybridized carbons (Fsp3) is 0.462. The Hall–Kier alpha value is -1.08. The second-order valence-corrected chi connectivity index (χ2v) is 5.55. The molecule has 1 heterocycles. The highest BCUT2D eigenvalue weighted by molar-refractivity contribution is 7.21. The molecule has 2 atom stereocenters. The number of rotatable bonds is 2. The van der Waals surface area contributed by atoms with Gasteiger partial charge in [-0.1, -0.05) is 13.8 Å². The zero-order chi connectivity index (χ0) is 12.6. The number of carbonyl (C=O) groups excluding carboxylic acids is 1. The Balaban J connectivity index is 2.42. The molecule has 1 amide bonds. The number of phenols is 1. The number of aromatic hydroxyl groups is 1. The molecule has 0 fully saturated rings. The minimum Gasteiger partial charge on any atom is -0.508 e. The van der Waals surface area contributed by atoms with E-state index in [4.69, 9.17) is 0 Å². The van der Waals surface area contributed by atoms with Crippen LogP contribution in [-0.2, 0) is 4.79 Å². The maximum atomic E-state index is 11.9. The monoisotopic (exact) mass is 251 g/mol. The highest BCUT2D eigenvalue weighted by Gasteiger charge is 2.29. The fourth-order valence-corrected chi connectivity index (χ4v) is 2.76. The lowest BCUT2D eigenvalue weighted by molar-refractivity contribution is -0.118. The Labute approximate surface area is 104 Å². The molecule has 2 rings (SSSR count). The lowest BCUT2D eigenvalue weighted by atomic mass is 9.84. The van der Waals surface area contributed by atoms with E-state index in [-0.39, 0.29) is 17.6 Å². The van der Waals surface area contributed by atoms with E-state index in [2.05, 4.69) is 23.2 Å². The van der Waals surface area contributed by atoms with Gasteiger partial charge in [-0.05, 0) is 51.4 Å². The van der Waals surface area contributed by atoms with Crippen LogP contribution in [0.4, 0.5) is 5.69 Å². The van der Waals surface area contributed by atoms with Crippen LogP contribution in [0.1, 0.15) is 38.2 Å². The Kier molecular flexibility index (Phi) is 3.39. The number of phenolic OH excluding ortho intramolecular Hbond substituents is 1. The zero-order valence-corrected chi connectivity index (χ0v) is 11.3. The van der Waals surface area contributed by atoms with Gasteiger partial charge in [0, 0.05) is 6.42 Å². The summed E-state index contributed by atoms with van der Waals surface area (Å²) in [5, 5.41) is 9.58. The smallest absolute Gasteiger partial charge is 0.230 e. The molecule has 0 spiro atoms. The Morgan fingerprint density at radius 3 is 2.88 bits per heavy atom. The minimum absolute atomic E-state index is 0.124. The van der Waals surface area contributed by atoms with Gasteiger partial charge in [0.15, 0.2) is 0 Å². The topological polar surface area (TPSA) is 40.5 Å². The number of carbonyl (C=O) groups is 1. The van der Waals surface area contributed by atoms with Crippen molar-refractivity contribution in [1.29, 1.82) is 0 Å². The molecule has 0 bridgehead atoms. The number of hydrogen-bond acceptors (Lipinski definition) is 2. The summed E-state index contributed by atoms with van der Waals surface area (Å²) in [5.41, 5.74) is 1.98. The number of benzene rings is 1. The molecule has 0 aliphatic carbocycles. The Morgan fingerprint density at radius 1 is 1.53 bits per heavy atom. The van der Waals surface area contributed by atoms with Crippen LogP contribution in [0, 0.1) is 5.92 Å². The van der Waals surface area contributed by atoms with Crippen molar-refractivity contribution in [2.24, 2.45) is 5.92 Å². The first-order valence-corrected chi connectivity index (χ1v) is 6.41. The molecule has 1 aromatic carbocycles. The van der Waals surface area contributed by atoms with Crippen molar-refractivity contribution in [3.63, 3.8) is 0 Å². The molecule has 0 radical (unpaired) electrons. The molecule has 1 N–H and O–H groups in total. The van der Waals surface area contributed by atoms with Crippen LogP contribution in [0.3, 0.4) is 0 Å². The average molecular weight is 251 g/mol. The van der Waals surface area contributed by atoms with Crippen molar-refractivity contribution in [2.45, 2.75) is 32.6 Å². The minimum atomic E-state index is 0.124. The van der Waals surface area contributed by atoms with Crippen LogP contribution >= 0.6 is 9.39 Å². The predicted octanol–water partition coefficient (Wildman–Crippen LogP) is 3.05. The first kappa shape index (κ1) is 12.4. The van der Waals surface area contributed by atoms with E-state index in [0.29, 0.717) is 12.3 Å². The van der Waals surface area contributed by atoms with Crippen LogP contribution in [0.5, 0.6) is 5.75 Å². The summed E-state index contributed by atoms with van der Waals surface area (Å²) in [6.45, 7) is 4.31. The van der Waals surface area contributed by atoms with Gasteiger partial charge < -0.3 is 5.11 Å². The third kappa shape index (κ3) is 2.44. The van der Waals surface area contributed by atoms with Crippen molar-refractivity contribution < 1.29 is 9.90 Å². The average Bonchev–Trinajstić information content (AvgIpc) is 2.25. The van der Waals surface area contributed by atoms with Gasteiger partial charge in [-0.3, -0.25) is 9.46 Å². The van der Waals surface area contributed by atoms with Crippen molar-refractivity contribution in [1.82, 2.24) is 0 Å². The second kappa shape index (κ2) is 4.66. The SMILES string of the molecule is CC(C)CC1CC(=O)N(P)c2ccc(O)cc21. The van der Waals surface area contributed by atoms with E-state index in [1.54, 1.807) is 16.8 Å². The largest absolute Gasteiger partial charge is 0.508 e. The Morgan fingerprint density at radius 2 is 2.24 bits per heavy atom. The predicted molar refractivity (Wildman–Crippen MR) is 72.1 cm³/mol. The van der Waals surface area contributed by atoms with Gasteiger partial charge in [0.2, 0.25) is 5.91 Å². The van der Waals surface area contributed by atoms with Crippen LogP contribution in [0.2, 0.25) is 0 Å². The molecule has 0 aromatic heterocycles. The molecule has 17 heavy (non-hydrogen) atoms. The van der Waals surface area contributed by atoms with Crippen molar-refractivity contribution in [3.8, 4) is 5.75 Å². The van der Waals surface area contributed by atoms with Crippen molar-refractivity contribution >= 4 is 21.0 Å². The number of hydrogen-bond donors (Lipinski definition) is 1. The van der Waals surface area contributed by atoms with Gasteiger partial charge in [0.1, 0.15) is 5.75 Å². The fourth-order valence-electron chi connectivity index (χ4n) is 2.42. The molecule has 3 nitrogen and oxygen atoms in total. The van der Waals surface area contributed by atoms with Crippen LogP contribution < -0.4 is 4.67 Å². The first-order chi connectivity index (χ1) is 7.99. The van der Waals surface area contributed by atoms with Crippen molar-refractivity contribution in [3.05, 3.63) is 23.8 Å². The molecule has 2 unspecified atom stereocenters. The summed E-state index contributed by atoms with van der Waals surface area (Å²) in [6, 6.07) is 5.22. The summed E-state index contributed by atoms with van der Waals surface area (Å²) in [4.78, 5) is 11.9. The van der Waals surface area contributed by atoms with Gasteiger partial charge in [0.25, 0.3) is 0 Å². The van der Waals surface area contributed by atoms with Crippen LogP contribution in [0.25, 0.3) is 0 Å². The number of amides is 1. The van der Waals surface area contributed by atoms with Gasteiger partial charge in [-0.15, -0.1) is 0 Å². The van der Waals surface area contributed by atoms with E-state index >= 15 is 0 Å². The second-order valence-electron chi connectivity index (χ2n) is 5.04. The summed E-state index contributed by atoms with van der Waals surface area (Å²) in [7, 11) is 2.45. The quantitative estimate of drug-likeness (QED) is 0.821. The molecule has 4 heteroatoms. The van der Waals surface area contributed by atoms with E-state index in [0.717, 1.165) is 17.7 Å². The molecular formula is C13H18NO2P. The van der Waals surface area contributed by atoms with Gasteiger partial charge in [-0.25, -0.2) is 0 Å². The maximum Gasteiger partial charge on any atom is 0.230 e. The standard InChI is InChI=1S/C13H18NO2P/c1-8(2)5-9-6-13(16)14(17)12-4-3-10(15)7-11(9)12/h3-4,7-9,15H,5-6,17H2,1-2H3. The first-order valence-electron chi connectivity index (χ1n) is 5.89. The van der Waals surface area contributed by atoms with Gasteiger partial charge >= 0.3 is 0 Å². The third-order valence-corrected chi connectivity index (χ3v) is 3.72. The molecule has 1 aliphatic rings. The third-order valence-electron chi connectivity index (χ3n) is 3.16. The van der Waals surface area contributed by atoms with Crippen LogP contribution in [-0.4, -0.2) is 11.0 Å². The molecule has 1 aromatic rings. The van der Waals surface area contributed by atoms with Crippen molar-refractivity contribution in [2.75, 3.05) is 4.67 Å².